The van der Waals surface area contributed by atoms with E-state index in [4.69, 9.17) is 4.74 Å². The topological polar surface area (TPSA) is 85.2 Å². The maximum Gasteiger partial charge on any atom is 0.254 e. The van der Waals surface area contributed by atoms with Crippen LogP contribution in [0.25, 0.3) is 0 Å². The Balaban J connectivity index is 1.37. The van der Waals surface area contributed by atoms with Crippen LogP contribution in [0.2, 0.25) is 0 Å². The van der Waals surface area contributed by atoms with E-state index in [-0.39, 0.29) is 12.0 Å². The Morgan fingerprint density at radius 3 is 3.00 bits per heavy atom. The van der Waals surface area contributed by atoms with E-state index in [1.807, 2.05) is 6.07 Å². The van der Waals surface area contributed by atoms with Gasteiger partial charge in [-0.3, -0.25) is 9.48 Å². The lowest BCUT2D eigenvalue weighted by Gasteiger charge is -2.36. The summed E-state index contributed by atoms with van der Waals surface area (Å²) < 4.78 is 7.59. The molecular weight excluding hydrogens is 320 g/mol. The summed E-state index contributed by atoms with van der Waals surface area (Å²) in [4.78, 5) is 23.1. The minimum absolute atomic E-state index is 0.0251. The molecule has 0 bridgehead atoms. The molecule has 132 valence electrons. The number of ether oxygens (including phenoxy) is 1. The highest BCUT2D eigenvalue weighted by molar-refractivity contribution is 5.93. The molecule has 0 radical (unpaired) electrons. The second-order valence-electron chi connectivity index (χ2n) is 6.69. The molecule has 2 aromatic rings. The van der Waals surface area contributed by atoms with Gasteiger partial charge >= 0.3 is 0 Å². The van der Waals surface area contributed by atoms with Crippen molar-refractivity contribution >= 4 is 11.9 Å². The summed E-state index contributed by atoms with van der Waals surface area (Å²) in [7, 11) is 1.80. The average Bonchev–Trinajstić information content (AvgIpc) is 3.26. The first-order valence-corrected chi connectivity index (χ1v) is 8.61. The SMILES string of the molecule is Cn1cc(C(=O)NC[C@@H]2OC[C@H]3CCN(c4ncccn4)C[C@H]32)cn1. The van der Waals surface area contributed by atoms with E-state index in [1.165, 1.54) is 0 Å². The van der Waals surface area contributed by atoms with Crippen LogP contribution >= 0.6 is 0 Å². The minimum atomic E-state index is -0.112. The molecule has 0 saturated carbocycles. The third-order valence-corrected chi connectivity index (χ3v) is 5.07. The highest BCUT2D eigenvalue weighted by atomic mass is 16.5. The maximum absolute atomic E-state index is 12.2. The van der Waals surface area contributed by atoms with Gasteiger partial charge in [0.2, 0.25) is 5.95 Å². The van der Waals surface area contributed by atoms with Crippen molar-refractivity contribution in [2.45, 2.75) is 12.5 Å². The molecule has 4 rings (SSSR count). The first-order valence-electron chi connectivity index (χ1n) is 8.61. The van der Waals surface area contributed by atoms with Crippen LogP contribution in [0.15, 0.2) is 30.9 Å². The van der Waals surface area contributed by atoms with Gasteiger partial charge in [0.25, 0.3) is 5.91 Å². The summed E-state index contributed by atoms with van der Waals surface area (Å²) in [5, 5.41) is 7.01. The molecule has 2 aromatic heterocycles. The quantitative estimate of drug-likeness (QED) is 0.870. The Bertz CT molecular complexity index is 734. The lowest BCUT2D eigenvalue weighted by Crippen LogP contribution is -2.46. The molecule has 25 heavy (non-hydrogen) atoms. The predicted octanol–water partition coefficient (Wildman–Crippen LogP) is 0.481. The van der Waals surface area contributed by atoms with Crippen LogP contribution in [0.5, 0.6) is 0 Å². The van der Waals surface area contributed by atoms with Gasteiger partial charge in [0.15, 0.2) is 0 Å². The number of amides is 1. The number of nitrogens with zero attached hydrogens (tertiary/aromatic N) is 5. The average molecular weight is 342 g/mol. The molecule has 2 fully saturated rings. The molecule has 4 heterocycles. The zero-order chi connectivity index (χ0) is 17.2. The Labute approximate surface area is 146 Å². The van der Waals surface area contributed by atoms with E-state index >= 15 is 0 Å². The van der Waals surface area contributed by atoms with E-state index in [0.717, 1.165) is 32.1 Å². The van der Waals surface area contributed by atoms with Crippen LogP contribution < -0.4 is 10.2 Å². The van der Waals surface area contributed by atoms with Gasteiger partial charge in [-0.1, -0.05) is 0 Å². The molecule has 0 aromatic carbocycles. The molecule has 8 heteroatoms. The van der Waals surface area contributed by atoms with Gasteiger partial charge in [0.05, 0.1) is 24.5 Å². The van der Waals surface area contributed by atoms with Crippen molar-refractivity contribution < 1.29 is 9.53 Å². The van der Waals surface area contributed by atoms with E-state index < -0.39 is 0 Å². The molecule has 2 aliphatic rings. The number of piperidine rings is 1. The molecule has 3 atom stereocenters. The van der Waals surface area contributed by atoms with Gasteiger partial charge < -0.3 is 15.0 Å². The minimum Gasteiger partial charge on any atom is -0.376 e. The van der Waals surface area contributed by atoms with Crippen molar-refractivity contribution in [3.63, 3.8) is 0 Å². The van der Waals surface area contributed by atoms with Crippen LogP contribution in [0.4, 0.5) is 5.95 Å². The number of fused-ring (bicyclic) bond motifs is 1. The third-order valence-electron chi connectivity index (χ3n) is 5.07. The second kappa shape index (κ2) is 6.79. The number of carbonyl (C=O) groups is 1. The highest BCUT2D eigenvalue weighted by Crippen LogP contribution is 2.34. The molecule has 0 unspecified atom stereocenters. The number of nitrogens with one attached hydrogen (secondary N) is 1. The lowest BCUT2D eigenvalue weighted by atomic mass is 9.84. The van der Waals surface area contributed by atoms with Gasteiger partial charge in [0, 0.05) is 51.2 Å². The molecule has 1 amide bonds. The zero-order valence-electron chi connectivity index (χ0n) is 14.2. The molecule has 0 aliphatic carbocycles. The van der Waals surface area contributed by atoms with Gasteiger partial charge in [0.1, 0.15) is 0 Å². The van der Waals surface area contributed by atoms with Crippen molar-refractivity contribution in [1.82, 2.24) is 25.1 Å². The number of rotatable bonds is 4. The smallest absolute Gasteiger partial charge is 0.254 e. The highest BCUT2D eigenvalue weighted by Gasteiger charge is 2.41. The van der Waals surface area contributed by atoms with E-state index in [1.54, 1.807) is 36.5 Å². The lowest BCUT2D eigenvalue weighted by molar-refractivity contribution is 0.0782. The fourth-order valence-corrected chi connectivity index (χ4v) is 3.71. The summed E-state index contributed by atoms with van der Waals surface area (Å²) in [6, 6.07) is 1.83. The summed E-state index contributed by atoms with van der Waals surface area (Å²) in [5.41, 5.74) is 0.569. The molecule has 0 spiro atoms. The largest absolute Gasteiger partial charge is 0.376 e. The standard InChI is InChI=1S/C17H22N6O2/c1-22-9-13(7-21-22)16(24)20-8-15-14-10-23(6-3-12(14)11-25-15)17-18-4-2-5-19-17/h2,4-5,7,9,12,14-15H,3,6,8,10-11H2,1H3,(H,20,24)/t12-,14-,15+/m1/s1. The van der Waals surface area contributed by atoms with Crippen LogP contribution in [0.1, 0.15) is 16.8 Å². The van der Waals surface area contributed by atoms with Crippen LogP contribution in [-0.4, -0.2) is 58.0 Å². The Kier molecular flexibility index (Phi) is 4.35. The van der Waals surface area contributed by atoms with Gasteiger partial charge in [-0.15, -0.1) is 0 Å². The van der Waals surface area contributed by atoms with Gasteiger partial charge in [-0.25, -0.2) is 9.97 Å². The summed E-state index contributed by atoms with van der Waals surface area (Å²) in [5.74, 6) is 1.58. The van der Waals surface area contributed by atoms with Crippen molar-refractivity contribution in [2.75, 3.05) is 31.1 Å². The first kappa shape index (κ1) is 16.0. The molecule has 1 N–H and O–H groups in total. The number of carbonyl (C=O) groups excluding carboxylic acids is 1. The van der Waals surface area contributed by atoms with Crippen molar-refractivity contribution in [3.8, 4) is 0 Å². The van der Waals surface area contributed by atoms with E-state index in [9.17, 15) is 4.79 Å². The first-order chi connectivity index (χ1) is 12.2. The Morgan fingerprint density at radius 1 is 1.40 bits per heavy atom. The van der Waals surface area contributed by atoms with Crippen molar-refractivity contribution in [3.05, 3.63) is 36.4 Å². The molecular formula is C17H22N6O2. The number of aromatic nitrogens is 4. The Hall–Kier alpha value is -2.48. The predicted molar refractivity (Wildman–Crippen MR) is 91.1 cm³/mol. The number of hydrogen-bond acceptors (Lipinski definition) is 6. The van der Waals surface area contributed by atoms with Crippen molar-refractivity contribution in [2.24, 2.45) is 18.9 Å². The van der Waals surface area contributed by atoms with Crippen LogP contribution in [0.3, 0.4) is 0 Å². The van der Waals surface area contributed by atoms with Gasteiger partial charge in [-0.05, 0) is 18.4 Å². The fraction of sp³-hybridized carbons (Fsp3) is 0.529. The monoisotopic (exact) mass is 342 g/mol. The van der Waals surface area contributed by atoms with E-state index in [2.05, 4.69) is 25.3 Å². The fourth-order valence-electron chi connectivity index (χ4n) is 3.71. The maximum atomic E-state index is 12.2. The number of hydrogen-bond donors (Lipinski definition) is 1. The van der Waals surface area contributed by atoms with Crippen LogP contribution in [0, 0.1) is 11.8 Å². The molecule has 2 saturated heterocycles. The normalized spacial score (nSPS) is 25.6. The third kappa shape index (κ3) is 3.34. The summed E-state index contributed by atoms with van der Waals surface area (Å²) in [6.45, 7) is 3.09. The number of aryl methyl sites for hydroxylation is 1. The molecule has 2 aliphatic heterocycles. The van der Waals surface area contributed by atoms with Gasteiger partial charge in [-0.2, -0.15) is 5.10 Å². The zero-order valence-corrected chi connectivity index (χ0v) is 14.2. The van der Waals surface area contributed by atoms with E-state index in [0.29, 0.717) is 23.9 Å². The van der Waals surface area contributed by atoms with Crippen LogP contribution in [-0.2, 0) is 11.8 Å². The molecule has 8 nitrogen and oxygen atoms in total. The summed E-state index contributed by atoms with van der Waals surface area (Å²) >= 11 is 0. The van der Waals surface area contributed by atoms with Crippen molar-refractivity contribution in [1.29, 1.82) is 0 Å². The Morgan fingerprint density at radius 2 is 2.24 bits per heavy atom. The number of anilines is 1. The second-order valence-corrected chi connectivity index (χ2v) is 6.69. The summed E-state index contributed by atoms with van der Waals surface area (Å²) in [6.07, 6.45) is 7.91.